The van der Waals surface area contributed by atoms with Gasteiger partial charge in [-0.2, -0.15) is 18.3 Å². The van der Waals surface area contributed by atoms with E-state index in [0.717, 1.165) is 12.1 Å². The van der Waals surface area contributed by atoms with E-state index >= 15 is 0 Å². The monoisotopic (exact) mass is 434 g/mol. The van der Waals surface area contributed by atoms with Crippen molar-refractivity contribution in [1.82, 2.24) is 14.3 Å². The summed E-state index contributed by atoms with van der Waals surface area (Å²) >= 11 is 0. The van der Waals surface area contributed by atoms with Gasteiger partial charge in [0.1, 0.15) is 10.1 Å². The van der Waals surface area contributed by atoms with Crippen LogP contribution in [0.1, 0.15) is 5.56 Å². The molecule has 2 aromatic carbocycles. The normalized spacial score (nSPS) is 12.6. The highest BCUT2D eigenvalue weighted by molar-refractivity contribution is 7.85. The number of fused-ring (bicyclic) bond motifs is 1. The quantitative estimate of drug-likeness (QED) is 0.454. The first-order valence-corrected chi connectivity index (χ1v) is 10.1. The molecule has 0 fully saturated rings. The van der Waals surface area contributed by atoms with Gasteiger partial charge in [-0.25, -0.2) is 8.42 Å². The Morgan fingerprint density at radius 1 is 0.967 bits per heavy atom. The van der Waals surface area contributed by atoms with Gasteiger partial charge in [-0.1, -0.05) is 12.1 Å². The lowest BCUT2D eigenvalue weighted by Gasteiger charge is -2.14. The van der Waals surface area contributed by atoms with E-state index in [1.54, 1.807) is 30.9 Å². The molecule has 0 amide bonds. The molecule has 2 heterocycles. The first-order valence-electron chi connectivity index (χ1n) is 8.72. The number of aryl methyl sites for hydroxylation is 2. The Kier molecular flexibility index (Phi) is 4.51. The van der Waals surface area contributed by atoms with Gasteiger partial charge in [-0.15, -0.1) is 0 Å². The lowest BCUT2D eigenvalue weighted by Crippen LogP contribution is -2.06. The second-order valence-electron chi connectivity index (χ2n) is 6.88. The SMILES string of the molecule is Cn1nccc1-c1cc(C(F)(F)F)ccc1-c1cn(C)c2cc(S(=O)(=O)[O-])ccc12. The van der Waals surface area contributed by atoms with Crippen molar-refractivity contribution in [3.05, 3.63) is 60.4 Å². The summed E-state index contributed by atoms with van der Waals surface area (Å²) in [7, 11) is -1.34. The summed E-state index contributed by atoms with van der Waals surface area (Å²) in [6.07, 6.45) is -1.33. The van der Waals surface area contributed by atoms with E-state index in [0.29, 0.717) is 33.3 Å². The molecule has 156 valence electrons. The minimum Gasteiger partial charge on any atom is -0.744 e. The summed E-state index contributed by atoms with van der Waals surface area (Å²) in [6.45, 7) is 0. The molecule has 10 heteroatoms. The van der Waals surface area contributed by atoms with Gasteiger partial charge in [0.25, 0.3) is 0 Å². The van der Waals surface area contributed by atoms with Crippen LogP contribution in [0.25, 0.3) is 33.3 Å². The van der Waals surface area contributed by atoms with E-state index in [4.69, 9.17) is 0 Å². The topological polar surface area (TPSA) is 80.0 Å². The summed E-state index contributed by atoms with van der Waals surface area (Å²) in [5, 5.41) is 4.66. The smallest absolute Gasteiger partial charge is 0.416 e. The number of halogens is 3. The molecule has 4 rings (SSSR count). The Bertz CT molecular complexity index is 1390. The molecule has 0 radical (unpaired) electrons. The largest absolute Gasteiger partial charge is 0.744 e. The second kappa shape index (κ2) is 6.71. The van der Waals surface area contributed by atoms with Crippen molar-refractivity contribution in [2.75, 3.05) is 0 Å². The van der Waals surface area contributed by atoms with Crippen molar-refractivity contribution < 1.29 is 26.1 Å². The Balaban J connectivity index is 2.01. The molecule has 0 N–H and O–H groups in total. The van der Waals surface area contributed by atoms with Crippen LogP contribution < -0.4 is 0 Å². The van der Waals surface area contributed by atoms with Crippen molar-refractivity contribution in [2.45, 2.75) is 11.1 Å². The van der Waals surface area contributed by atoms with Gasteiger partial charge in [0.2, 0.25) is 0 Å². The van der Waals surface area contributed by atoms with Gasteiger partial charge in [0, 0.05) is 48.5 Å². The minimum atomic E-state index is -4.64. The van der Waals surface area contributed by atoms with Crippen molar-refractivity contribution in [2.24, 2.45) is 14.1 Å². The highest BCUT2D eigenvalue weighted by atomic mass is 32.2. The van der Waals surface area contributed by atoms with E-state index in [1.807, 2.05) is 0 Å². The number of alkyl halides is 3. The van der Waals surface area contributed by atoms with Crippen LogP contribution in [0, 0.1) is 0 Å². The standard InChI is InChI=1S/C20H16F3N3O3S/c1-25-11-17(15-6-4-13(10-19(15)25)30(27,28)29)14-5-3-12(20(21,22)23)9-16(14)18-7-8-24-26(18)2/h3-11H,1-2H3,(H,27,28,29)/p-1. The third-order valence-corrected chi connectivity index (χ3v) is 5.82. The van der Waals surface area contributed by atoms with Crippen LogP contribution in [-0.2, 0) is 30.4 Å². The fraction of sp³-hybridized carbons (Fsp3) is 0.150. The third-order valence-electron chi connectivity index (χ3n) is 4.98. The summed E-state index contributed by atoms with van der Waals surface area (Å²) in [4.78, 5) is -0.373. The molecule has 0 saturated carbocycles. The fourth-order valence-electron chi connectivity index (χ4n) is 3.54. The van der Waals surface area contributed by atoms with Crippen molar-refractivity contribution in [3.8, 4) is 22.4 Å². The van der Waals surface area contributed by atoms with E-state index < -0.39 is 21.9 Å². The van der Waals surface area contributed by atoms with Crippen molar-refractivity contribution >= 4 is 21.0 Å². The molecule has 6 nitrogen and oxygen atoms in total. The lowest BCUT2D eigenvalue weighted by molar-refractivity contribution is -0.137. The van der Waals surface area contributed by atoms with Gasteiger partial charge in [-0.3, -0.25) is 4.68 Å². The molecule has 4 aromatic rings. The zero-order valence-electron chi connectivity index (χ0n) is 15.8. The Morgan fingerprint density at radius 2 is 1.70 bits per heavy atom. The van der Waals surface area contributed by atoms with Crippen LogP contribution in [0.3, 0.4) is 0 Å². The maximum absolute atomic E-state index is 13.3. The Hall–Kier alpha value is -3.11. The number of hydrogen-bond donors (Lipinski definition) is 0. The number of nitrogens with zero attached hydrogens (tertiary/aromatic N) is 3. The van der Waals surface area contributed by atoms with Gasteiger partial charge in [0.15, 0.2) is 0 Å². The van der Waals surface area contributed by atoms with Gasteiger partial charge < -0.3 is 9.12 Å². The summed E-state index contributed by atoms with van der Waals surface area (Å²) in [5.74, 6) is 0. The molecular formula is C20H15F3N3O3S-. The predicted octanol–water partition coefficient (Wildman–Crippen LogP) is 4.17. The molecule has 0 aliphatic heterocycles. The van der Waals surface area contributed by atoms with E-state index in [1.165, 1.54) is 35.1 Å². The van der Waals surface area contributed by atoms with E-state index in [-0.39, 0.29) is 4.90 Å². The second-order valence-corrected chi connectivity index (χ2v) is 8.26. The summed E-state index contributed by atoms with van der Waals surface area (Å²) < 4.78 is 77.2. The number of rotatable bonds is 3. The van der Waals surface area contributed by atoms with Gasteiger partial charge >= 0.3 is 6.18 Å². The molecular weight excluding hydrogens is 419 g/mol. The molecule has 0 atom stereocenters. The number of hydrogen-bond acceptors (Lipinski definition) is 4. The first-order chi connectivity index (χ1) is 14.0. The lowest BCUT2D eigenvalue weighted by atomic mass is 9.95. The van der Waals surface area contributed by atoms with Crippen LogP contribution in [0.2, 0.25) is 0 Å². The zero-order chi connectivity index (χ0) is 21.8. The number of benzene rings is 2. The highest BCUT2D eigenvalue weighted by Crippen LogP contribution is 2.40. The average molecular weight is 434 g/mol. The van der Waals surface area contributed by atoms with Gasteiger partial charge in [0.05, 0.1) is 16.2 Å². The fourth-order valence-corrected chi connectivity index (χ4v) is 4.03. The Labute approximate surface area is 169 Å². The maximum Gasteiger partial charge on any atom is 0.416 e. The molecule has 0 spiro atoms. The molecule has 30 heavy (non-hydrogen) atoms. The van der Waals surface area contributed by atoms with Crippen LogP contribution in [-0.4, -0.2) is 27.3 Å². The molecule has 0 bridgehead atoms. The van der Waals surface area contributed by atoms with Gasteiger partial charge in [-0.05, 0) is 35.9 Å². The molecule has 0 aliphatic carbocycles. The molecule has 0 saturated heterocycles. The third kappa shape index (κ3) is 3.37. The summed E-state index contributed by atoms with van der Waals surface area (Å²) in [6, 6.07) is 9.02. The van der Waals surface area contributed by atoms with Crippen LogP contribution in [0.4, 0.5) is 13.2 Å². The van der Waals surface area contributed by atoms with Crippen molar-refractivity contribution in [1.29, 1.82) is 0 Å². The zero-order valence-corrected chi connectivity index (χ0v) is 16.6. The van der Waals surface area contributed by atoms with Crippen LogP contribution in [0.5, 0.6) is 0 Å². The predicted molar refractivity (Wildman–Crippen MR) is 104 cm³/mol. The average Bonchev–Trinajstić information content (AvgIpc) is 3.23. The first kappa shape index (κ1) is 20.2. The van der Waals surface area contributed by atoms with E-state index in [9.17, 15) is 26.1 Å². The maximum atomic E-state index is 13.3. The molecule has 0 aliphatic rings. The van der Waals surface area contributed by atoms with Crippen molar-refractivity contribution in [3.63, 3.8) is 0 Å². The van der Waals surface area contributed by atoms with Crippen LogP contribution >= 0.6 is 0 Å². The van der Waals surface area contributed by atoms with Crippen LogP contribution in [0.15, 0.2) is 59.8 Å². The minimum absolute atomic E-state index is 0.331. The number of aromatic nitrogens is 3. The Morgan fingerprint density at radius 3 is 2.30 bits per heavy atom. The van der Waals surface area contributed by atoms with E-state index in [2.05, 4.69) is 5.10 Å². The highest BCUT2D eigenvalue weighted by Gasteiger charge is 2.31. The molecule has 2 aromatic heterocycles. The summed E-state index contributed by atoms with van der Waals surface area (Å²) in [5.41, 5.74) is 1.63. The molecule has 0 unspecified atom stereocenters.